The second-order valence-corrected chi connectivity index (χ2v) is 5.18. The third-order valence-electron chi connectivity index (χ3n) is 3.31. The lowest BCUT2D eigenvalue weighted by atomic mass is 10.1. The van der Waals surface area contributed by atoms with Crippen LogP contribution in [-0.4, -0.2) is 31.8 Å². The van der Waals surface area contributed by atoms with E-state index in [-0.39, 0.29) is 6.04 Å². The standard InChI is InChI=1S/C14H23N3O/c1-11(15)13-5-6-16-14(9-13)17(2)7-8-18-10-12-3-4-12/h5-6,9,11-12H,3-4,7-8,10,15H2,1-2H3. The van der Waals surface area contributed by atoms with Gasteiger partial charge < -0.3 is 15.4 Å². The Balaban J connectivity index is 1.79. The summed E-state index contributed by atoms with van der Waals surface area (Å²) >= 11 is 0. The minimum atomic E-state index is 0.0475. The van der Waals surface area contributed by atoms with Crippen LogP contribution in [-0.2, 0) is 4.74 Å². The highest BCUT2D eigenvalue weighted by molar-refractivity contribution is 5.40. The smallest absolute Gasteiger partial charge is 0.128 e. The van der Waals surface area contributed by atoms with E-state index in [2.05, 4.69) is 9.88 Å². The molecule has 18 heavy (non-hydrogen) atoms. The molecule has 1 unspecified atom stereocenters. The first kappa shape index (κ1) is 13.3. The number of hydrogen-bond acceptors (Lipinski definition) is 4. The molecule has 0 spiro atoms. The zero-order valence-corrected chi connectivity index (χ0v) is 11.3. The Labute approximate surface area is 109 Å². The van der Waals surface area contributed by atoms with Gasteiger partial charge in [-0.3, -0.25) is 0 Å². The van der Waals surface area contributed by atoms with E-state index in [0.717, 1.165) is 37.1 Å². The highest BCUT2D eigenvalue weighted by atomic mass is 16.5. The van der Waals surface area contributed by atoms with Crippen molar-refractivity contribution in [3.63, 3.8) is 0 Å². The van der Waals surface area contributed by atoms with Crippen LogP contribution in [0.2, 0.25) is 0 Å². The molecule has 1 saturated carbocycles. The van der Waals surface area contributed by atoms with Gasteiger partial charge in [0.2, 0.25) is 0 Å². The summed E-state index contributed by atoms with van der Waals surface area (Å²) in [4.78, 5) is 6.47. The van der Waals surface area contributed by atoms with E-state index in [1.54, 1.807) is 0 Å². The lowest BCUT2D eigenvalue weighted by molar-refractivity contribution is 0.131. The lowest BCUT2D eigenvalue weighted by Crippen LogP contribution is -2.24. The SMILES string of the molecule is CC(N)c1ccnc(N(C)CCOCC2CC2)c1. The Morgan fingerprint density at radius 3 is 3.00 bits per heavy atom. The van der Waals surface area contributed by atoms with Gasteiger partial charge in [0.05, 0.1) is 6.61 Å². The van der Waals surface area contributed by atoms with Crippen LogP contribution in [0.1, 0.15) is 31.4 Å². The topological polar surface area (TPSA) is 51.4 Å². The third kappa shape index (κ3) is 3.96. The maximum Gasteiger partial charge on any atom is 0.128 e. The molecule has 2 rings (SSSR count). The molecule has 0 aromatic carbocycles. The van der Waals surface area contributed by atoms with Crippen LogP contribution < -0.4 is 10.6 Å². The number of pyridine rings is 1. The average molecular weight is 249 g/mol. The highest BCUT2D eigenvalue weighted by Crippen LogP contribution is 2.28. The Kier molecular flexibility index (Phi) is 4.55. The van der Waals surface area contributed by atoms with Crippen molar-refractivity contribution in [2.45, 2.75) is 25.8 Å². The minimum absolute atomic E-state index is 0.0475. The average Bonchev–Trinajstić information content (AvgIpc) is 3.18. The van der Waals surface area contributed by atoms with Gasteiger partial charge >= 0.3 is 0 Å². The fourth-order valence-corrected chi connectivity index (χ4v) is 1.78. The molecule has 1 aromatic rings. The van der Waals surface area contributed by atoms with Crippen LogP contribution in [0.4, 0.5) is 5.82 Å². The predicted octanol–water partition coefficient (Wildman–Crippen LogP) is 1.96. The van der Waals surface area contributed by atoms with E-state index in [1.165, 1.54) is 12.8 Å². The van der Waals surface area contributed by atoms with Gasteiger partial charge in [-0.1, -0.05) is 0 Å². The van der Waals surface area contributed by atoms with Crippen LogP contribution in [0, 0.1) is 5.92 Å². The number of rotatable bonds is 7. The van der Waals surface area contributed by atoms with Crippen molar-refractivity contribution in [3.8, 4) is 0 Å². The van der Waals surface area contributed by atoms with E-state index in [1.807, 2.05) is 32.3 Å². The van der Waals surface area contributed by atoms with Gasteiger partial charge in [-0.25, -0.2) is 4.98 Å². The summed E-state index contributed by atoms with van der Waals surface area (Å²) in [6.45, 7) is 4.53. The Morgan fingerprint density at radius 1 is 1.56 bits per heavy atom. The molecular formula is C14H23N3O. The summed E-state index contributed by atoms with van der Waals surface area (Å²) in [5.74, 6) is 1.79. The van der Waals surface area contributed by atoms with Crippen molar-refractivity contribution in [2.75, 3.05) is 31.7 Å². The largest absolute Gasteiger partial charge is 0.379 e. The van der Waals surface area contributed by atoms with Crippen LogP contribution in [0.5, 0.6) is 0 Å². The molecule has 0 amide bonds. The Morgan fingerprint density at radius 2 is 2.33 bits per heavy atom. The monoisotopic (exact) mass is 249 g/mol. The number of nitrogens with two attached hydrogens (primary N) is 1. The molecule has 1 aliphatic carbocycles. The molecule has 1 heterocycles. The van der Waals surface area contributed by atoms with Gasteiger partial charge in [0.15, 0.2) is 0 Å². The van der Waals surface area contributed by atoms with E-state index >= 15 is 0 Å². The van der Waals surface area contributed by atoms with E-state index in [9.17, 15) is 0 Å². The summed E-state index contributed by atoms with van der Waals surface area (Å²) in [6.07, 6.45) is 4.50. The fraction of sp³-hybridized carbons (Fsp3) is 0.643. The first-order chi connectivity index (χ1) is 8.66. The molecule has 1 fully saturated rings. The number of hydrogen-bond donors (Lipinski definition) is 1. The number of aromatic nitrogens is 1. The van der Waals surface area contributed by atoms with Crippen LogP contribution in [0.25, 0.3) is 0 Å². The van der Waals surface area contributed by atoms with E-state index in [0.29, 0.717) is 0 Å². The van der Waals surface area contributed by atoms with Crippen molar-refractivity contribution in [3.05, 3.63) is 23.9 Å². The lowest BCUT2D eigenvalue weighted by Gasteiger charge is -2.19. The van der Waals surface area contributed by atoms with Gasteiger partial charge in [0.1, 0.15) is 5.82 Å². The third-order valence-corrected chi connectivity index (χ3v) is 3.31. The molecule has 0 radical (unpaired) electrons. The normalized spacial score (nSPS) is 16.6. The van der Waals surface area contributed by atoms with Crippen LogP contribution >= 0.6 is 0 Å². The number of ether oxygens (including phenoxy) is 1. The van der Waals surface area contributed by atoms with Gasteiger partial charge in [0.25, 0.3) is 0 Å². The first-order valence-electron chi connectivity index (χ1n) is 6.67. The molecule has 100 valence electrons. The summed E-state index contributed by atoms with van der Waals surface area (Å²) < 4.78 is 5.63. The van der Waals surface area contributed by atoms with Crippen molar-refractivity contribution < 1.29 is 4.74 Å². The minimum Gasteiger partial charge on any atom is -0.379 e. The van der Waals surface area contributed by atoms with Crippen molar-refractivity contribution in [2.24, 2.45) is 11.7 Å². The molecule has 4 nitrogen and oxygen atoms in total. The first-order valence-corrected chi connectivity index (χ1v) is 6.67. The molecular weight excluding hydrogens is 226 g/mol. The molecule has 0 bridgehead atoms. The van der Waals surface area contributed by atoms with Crippen molar-refractivity contribution in [1.82, 2.24) is 4.98 Å². The second kappa shape index (κ2) is 6.16. The summed E-state index contributed by atoms with van der Waals surface area (Å²) in [5.41, 5.74) is 6.99. The second-order valence-electron chi connectivity index (χ2n) is 5.18. The molecule has 2 N–H and O–H groups in total. The van der Waals surface area contributed by atoms with Gasteiger partial charge in [-0.2, -0.15) is 0 Å². The number of likely N-dealkylation sites (N-methyl/N-ethyl adjacent to an activating group) is 1. The quantitative estimate of drug-likeness (QED) is 0.751. The highest BCUT2D eigenvalue weighted by Gasteiger charge is 2.21. The number of nitrogens with zero attached hydrogens (tertiary/aromatic N) is 2. The summed E-state index contributed by atoms with van der Waals surface area (Å²) in [5, 5.41) is 0. The maximum absolute atomic E-state index is 5.87. The Hall–Kier alpha value is -1.13. The zero-order valence-electron chi connectivity index (χ0n) is 11.3. The van der Waals surface area contributed by atoms with E-state index < -0.39 is 0 Å². The van der Waals surface area contributed by atoms with Crippen molar-refractivity contribution >= 4 is 5.82 Å². The number of anilines is 1. The molecule has 0 aliphatic heterocycles. The Bertz CT molecular complexity index is 377. The van der Waals surface area contributed by atoms with Gasteiger partial charge in [-0.15, -0.1) is 0 Å². The molecule has 1 atom stereocenters. The maximum atomic E-state index is 5.87. The van der Waals surface area contributed by atoms with E-state index in [4.69, 9.17) is 10.5 Å². The predicted molar refractivity (Wildman–Crippen MR) is 73.7 cm³/mol. The zero-order chi connectivity index (χ0) is 13.0. The molecule has 0 saturated heterocycles. The van der Waals surface area contributed by atoms with Crippen LogP contribution in [0.15, 0.2) is 18.3 Å². The molecule has 1 aliphatic rings. The van der Waals surface area contributed by atoms with Gasteiger partial charge in [-0.05, 0) is 43.4 Å². The molecule has 1 aromatic heterocycles. The van der Waals surface area contributed by atoms with Crippen molar-refractivity contribution in [1.29, 1.82) is 0 Å². The summed E-state index contributed by atoms with van der Waals surface area (Å²) in [7, 11) is 2.04. The van der Waals surface area contributed by atoms with Gasteiger partial charge in [0, 0.05) is 32.4 Å². The molecule has 4 heteroatoms. The fourth-order valence-electron chi connectivity index (χ4n) is 1.78. The summed E-state index contributed by atoms with van der Waals surface area (Å²) in [6, 6.07) is 4.06. The van der Waals surface area contributed by atoms with Crippen LogP contribution in [0.3, 0.4) is 0 Å².